The van der Waals surface area contributed by atoms with Gasteiger partial charge in [-0.15, -0.1) is 4.83 Å². The molecule has 0 atom stereocenters. The predicted molar refractivity (Wildman–Crippen MR) is 92.3 cm³/mol. The minimum Gasteiger partial charge on any atom is -0.308 e. The standard InChI is InChI=1S/C16H19N3O4S/c1-11(2)15-10-13(6-9-16(15)19(20)21)17-18-24(22,23)14-7-4-12(3)5-8-14/h4-11,17-18H,1-3H3. The van der Waals surface area contributed by atoms with Gasteiger partial charge >= 0.3 is 0 Å². The van der Waals surface area contributed by atoms with Crippen LogP contribution in [0.4, 0.5) is 11.4 Å². The van der Waals surface area contributed by atoms with E-state index in [1.165, 1.54) is 24.3 Å². The topological polar surface area (TPSA) is 101 Å². The lowest BCUT2D eigenvalue weighted by atomic mass is 10.0. The van der Waals surface area contributed by atoms with Gasteiger partial charge in [0.15, 0.2) is 0 Å². The van der Waals surface area contributed by atoms with E-state index >= 15 is 0 Å². The number of hydrogen-bond acceptors (Lipinski definition) is 5. The van der Waals surface area contributed by atoms with Crippen LogP contribution in [0.15, 0.2) is 47.4 Å². The molecule has 128 valence electrons. The van der Waals surface area contributed by atoms with E-state index in [0.29, 0.717) is 11.3 Å². The molecule has 2 N–H and O–H groups in total. The molecule has 7 nitrogen and oxygen atoms in total. The molecule has 0 saturated heterocycles. The summed E-state index contributed by atoms with van der Waals surface area (Å²) in [5, 5.41) is 11.0. The molecule has 2 aromatic rings. The number of benzene rings is 2. The third-order valence-corrected chi connectivity index (χ3v) is 4.77. The van der Waals surface area contributed by atoms with Gasteiger partial charge in [-0.3, -0.25) is 10.1 Å². The first kappa shape index (κ1) is 17.9. The van der Waals surface area contributed by atoms with Crippen molar-refractivity contribution < 1.29 is 13.3 Å². The van der Waals surface area contributed by atoms with Crippen molar-refractivity contribution in [2.24, 2.45) is 0 Å². The summed E-state index contributed by atoms with van der Waals surface area (Å²) >= 11 is 0. The van der Waals surface area contributed by atoms with E-state index in [-0.39, 0.29) is 16.5 Å². The SMILES string of the molecule is Cc1ccc(S(=O)(=O)NNc2ccc([N+](=O)[O-])c(C(C)C)c2)cc1. The molecule has 0 aliphatic heterocycles. The van der Waals surface area contributed by atoms with Crippen molar-refractivity contribution in [2.75, 3.05) is 5.43 Å². The number of hydrazine groups is 1. The predicted octanol–water partition coefficient (Wildman–Crippen LogP) is 3.33. The average Bonchev–Trinajstić information content (AvgIpc) is 2.53. The lowest BCUT2D eigenvalue weighted by molar-refractivity contribution is -0.385. The van der Waals surface area contributed by atoms with Gasteiger partial charge in [0.1, 0.15) is 0 Å². The Balaban J connectivity index is 2.21. The summed E-state index contributed by atoms with van der Waals surface area (Å²) in [6.07, 6.45) is 0. The maximum absolute atomic E-state index is 12.2. The summed E-state index contributed by atoms with van der Waals surface area (Å²) in [6, 6.07) is 10.8. The zero-order chi connectivity index (χ0) is 17.9. The summed E-state index contributed by atoms with van der Waals surface area (Å²) < 4.78 is 24.5. The maximum Gasteiger partial charge on any atom is 0.272 e. The lowest BCUT2D eigenvalue weighted by Gasteiger charge is -2.12. The number of rotatable bonds is 6. The van der Waals surface area contributed by atoms with E-state index in [9.17, 15) is 18.5 Å². The molecule has 0 fully saturated rings. The third-order valence-electron chi connectivity index (χ3n) is 3.51. The summed E-state index contributed by atoms with van der Waals surface area (Å²) in [4.78, 5) is 13.0. The molecule has 0 bridgehead atoms. The van der Waals surface area contributed by atoms with Gasteiger partial charge in [0, 0.05) is 11.6 Å². The first-order valence-electron chi connectivity index (χ1n) is 7.33. The van der Waals surface area contributed by atoms with Crippen molar-refractivity contribution >= 4 is 21.4 Å². The van der Waals surface area contributed by atoms with Gasteiger partial charge in [-0.2, -0.15) is 0 Å². The Morgan fingerprint density at radius 2 is 1.71 bits per heavy atom. The largest absolute Gasteiger partial charge is 0.308 e. The maximum atomic E-state index is 12.2. The molecule has 0 radical (unpaired) electrons. The van der Waals surface area contributed by atoms with Crippen LogP contribution in [-0.4, -0.2) is 13.3 Å². The number of anilines is 1. The van der Waals surface area contributed by atoms with Crippen LogP contribution in [0.2, 0.25) is 0 Å². The van der Waals surface area contributed by atoms with E-state index in [2.05, 4.69) is 10.3 Å². The van der Waals surface area contributed by atoms with E-state index in [4.69, 9.17) is 0 Å². The number of sulfonamides is 1. The van der Waals surface area contributed by atoms with Crippen LogP contribution in [0.3, 0.4) is 0 Å². The summed E-state index contributed by atoms with van der Waals surface area (Å²) in [5.74, 6) is -0.0687. The van der Waals surface area contributed by atoms with Crippen molar-refractivity contribution in [1.82, 2.24) is 4.83 Å². The summed E-state index contributed by atoms with van der Waals surface area (Å²) in [7, 11) is -3.73. The van der Waals surface area contributed by atoms with Crippen molar-refractivity contribution in [2.45, 2.75) is 31.6 Å². The van der Waals surface area contributed by atoms with Gasteiger partial charge in [-0.25, -0.2) is 8.42 Å². The molecule has 2 aromatic carbocycles. The molecule has 2 rings (SSSR count). The molecule has 0 amide bonds. The summed E-state index contributed by atoms with van der Waals surface area (Å²) in [5.41, 5.74) is 4.53. The van der Waals surface area contributed by atoms with Gasteiger partial charge in [0.05, 0.1) is 15.5 Å². The Kier molecular flexibility index (Phi) is 5.20. The molecular formula is C16H19N3O4S. The van der Waals surface area contributed by atoms with Gasteiger partial charge < -0.3 is 5.43 Å². The summed E-state index contributed by atoms with van der Waals surface area (Å²) in [6.45, 7) is 5.54. The second-order valence-electron chi connectivity index (χ2n) is 5.73. The zero-order valence-corrected chi connectivity index (χ0v) is 14.4. The quantitative estimate of drug-likeness (QED) is 0.615. The number of nitro benzene ring substituents is 1. The van der Waals surface area contributed by atoms with Crippen LogP contribution >= 0.6 is 0 Å². The Morgan fingerprint density at radius 3 is 2.25 bits per heavy atom. The number of nitrogens with one attached hydrogen (secondary N) is 2. The fourth-order valence-corrected chi connectivity index (χ4v) is 3.03. The highest BCUT2D eigenvalue weighted by molar-refractivity contribution is 7.89. The first-order chi connectivity index (χ1) is 11.2. The van der Waals surface area contributed by atoms with Crippen molar-refractivity contribution in [3.63, 3.8) is 0 Å². The highest BCUT2D eigenvalue weighted by atomic mass is 32.2. The minimum atomic E-state index is -3.73. The fourth-order valence-electron chi connectivity index (χ4n) is 2.16. The van der Waals surface area contributed by atoms with E-state index < -0.39 is 14.9 Å². The number of nitrogens with zero attached hydrogens (tertiary/aromatic N) is 1. The van der Waals surface area contributed by atoms with Crippen molar-refractivity contribution in [1.29, 1.82) is 0 Å². The Bertz CT molecular complexity index is 846. The van der Waals surface area contributed by atoms with Gasteiger partial charge in [0.25, 0.3) is 15.7 Å². The second-order valence-corrected chi connectivity index (χ2v) is 7.41. The van der Waals surface area contributed by atoms with Crippen LogP contribution < -0.4 is 10.3 Å². The molecule has 0 aromatic heterocycles. The highest BCUT2D eigenvalue weighted by Gasteiger charge is 2.18. The van der Waals surface area contributed by atoms with Gasteiger partial charge in [-0.1, -0.05) is 31.5 Å². The zero-order valence-electron chi connectivity index (χ0n) is 13.6. The highest BCUT2D eigenvalue weighted by Crippen LogP contribution is 2.29. The molecule has 8 heteroatoms. The Morgan fingerprint density at radius 1 is 1.08 bits per heavy atom. The van der Waals surface area contributed by atoms with Crippen LogP contribution in [-0.2, 0) is 10.0 Å². The lowest BCUT2D eigenvalue weighted by Crippen LogP contribution is -2.29. The van der Waals surface area contributed by atoms with Crippen LogP contribution in [0, 0.1) is 17.0 Å². The van der Waals surface area contributed by atoms with E-state index in [1.807, 2.05) is 20.8 Å². The third kappa shape index (κ3) is 4.09. The number of aryl methyl sites for hydroxylation is 1. The fraction of sp³-hybridized carbons (Fsp3) is 0.250. The van der Waals surface area contributed by atoms with Crippen LogP contribution in [0.1, 0.15) is 30.9 Å². The van der Waals surface area contributed by atoms with Gasteiger partial charge in [-0.05, 0) is 37.1 Å². The first-order valence-corrected chi connectivity index (χ1v) is 8.82. The molecule has 0 unspecified atom stereocenters. The molecule has 24 heavy (non-hydrogen) atoms. The molecular weight excluding hydrogens is 330 g/mol. The molecule has 0 saturated carbocycles. The molecule has 0 spiro atoms. The molecule has 0 aliphatic rings. The van der Waals surface area contributed by atoms with Crippen molar-refractivity contribution in [3.05, 3.63) is 63.7 Å². The monoisotopic (exact) mass is 349 g/mol. The van der Waals surface area contributed by atoms with E-state index in [0.717, 1.165) is 5.56 Å². The number of nitro groups is 1. The van der Waals surface area contributed by atoms with Gasteiger partial charge in [0.2, 0.25) is 0 Å². The second kappa shape index (κ2) is 6.98. The van der Waals surface area contributed by atoms with Crippen LogP contribution in [0.25, 0.3) is 0 Å². The molecule has 0 aliphatic carbocycles. The Hall–Kier alpha value is -2.45. The normalized spacial score (nSPS) is 11.5. The smallest absolute Gasteiger partial charge is 0.272 e. The average molecular weight is 349 g/mol. The Labute approximate surface area is 140 Å². The van der Waals surface area contributed by atoms with E-state index in [1.54, 1.807) is 18.2 Å². The van der Waals surface area contributed by atoms with Crippen LogP contribution in [0.5, 0.6) is 0 Å². The minimum absolute atomic E-state index is 0.0111. The van der Waals surface area contributed by atoms with Crippen molar-refractivity contribution in [3.8, 4) is 0 Å². The molecule has 0 heterocycles. The number of hydrogen-bond donors (Lipinski definition) is 2.